The maximum absolute atomic E-state index is 10.8. The summed E-state index contributed by atoms with van der Waals surface area (Å²) in [6, 6.07) is 10.6. The Morgan fingerprint density at radius 3 is 2.65 bits per heavy atom. The van der Waals surface area contributed by atoms with Crippen LogP contribution in [0.4, 0.5) is 5.69 Å². The van der Waals surface area contributed by atoms with E-state index in [1.807, 2.05) is 11.4 Å². The van der Waals surface area contributed by atoms with E-state index in [9.17, 15) is 15.2 Å². The molecule has 138 valence electrons. The van der Waals surface area contributed by atoms with Crippen molar-refractivity contribution in [3.05, 3.63) is 62.3 Å². The molecule has 0 saturated carbocycles. The molecule has 0 aliphatic carbocycles. The third-order valence-corrected chi connectivity index (χ3v) is 5.20. The van der Waals surface area contributed by atoms with Gasteiger partial charge < -0.3 is 15.3 Å². The number of likely N-dealkylation sites (tertiary alicyclic amines) is 1. The maximum Gasteiger partial charge on any atom is 0.269 e. The molecule has 2 N–H and O–H groups in total. The van der Waals surface area contributed by atoms with Crippen molar-refractivity contribution in [1.29, 1.82) is 0 Å². The molecule has 1 aliphatic heterocycles. The molecule has 1 aromatic heterocycles. The van der Waals surface area contributed by atoms with Crippen LogP contribution in [-0.4, -0.2) is 40.1 Å². The molecule has 2 aromatic rings. The summed E-state index contributed by atoms with van der Waals surface area (Å²) >= 11 is 1.69. The quantitative estimate of drug-likeness (QED) is 0.363. The van der Waals surface area contributed by atoms with Gasteiger partial charge in [0, 0.05) is 30.1 Å². The van der Waals surface area contributed by atoms with Crippen LogP contribution in [-0.2, 0) is 13.1 Å². The summed E-state index contributed by atoms with van der Waals surface area (Å²) in [5.41, 5.74) is 1.00. The van der Waals surface area contributed by atoms with Crippen molar-refractivity contribution in [2.24, 2.45) is 4.99 Å². The molecule has 0 unspecified atom stereocenters. The van der Waals surface area contributed by atoms with Gasteiger partial charge in [-0.15, -0.1) is 11.3 Å². The Kier molecular flexibility index (Phi) is 6.19. The van der Waals surface area contributed by atoms with Crippen molar-refractivity contribution in [2.45, 2.75) is 32.0 Å². The molecular weight excluding hydrogens is 352 g/mol. The number of nitrogens with zero attached hydrogens (tertiary/aromatic N) is 3. The number of nitro benzene ring substituents is 1. The van der Waals surface area contributed by atoms with Gasteiger partial charge in [0.05, 0.1) is 24.1 Å². The second-order valence-electron chi connectivity index (χ2n) is 6.21. The second kappa shape index (κ2) is 8.77. The van der Waals surface area contributed by atoms with Gasteiger partial charge in [-0.25, -0.2) is 4.99 Å². The van der Waals surface area contributed by atoms with Gasteiger partial charge in [0.2, 0.25) is 0 Å². The van der Waals surface area contributed by atoms with Crippen LogP contribution in [0.15, 0.2) is 46.8 Å². The number of nitro groups is 1. The smallest absolute Gasteiger partial charge is 0.269 e. The third kappa shape index (κ3) is 5.03. The molecule has 26 heavy (non-hydrogen) atoms. The zero-order chi connectivity index (χ0) is 18.4. The van der Waals surface area contributed by atoms with E-state index in [0.717, 1.165) is 37.5 Å². The molecule has 1 aromatic carbocycles. The molecule has 2 heterocycles. The molecule has 0 bridgehead atoms. The summed E-state index contributed by atoms with van der Waals surface area (Å²) in [4.78, 5) is 18.4. The molecule has 0 amide bonds. The number of piperidine rings is 1. The minimum atomic E-state index is -0.403. The van der Waals surface area contributed by atoms with Crippen LogP contribution in [0.25, 0.3) is 0 Å². The first kappa shape index (κ1) is 18.3. The summed E-state index contributed by atoms with van der Waals surface area (Å²) in [5, 5.41) is 25.9. The molecule has 0 radical (unpaired) electrons. The first-order valence-electron chi connectivity index (χ1n) is 8.59. The summed E-state index contributed by atoms with van der Waals surface area (Å²) in [6.45, 7) is 2.68. The molecule has 0 spiro atoms. The highest BCUT2D eigenvalue weighted by molar-refractivity contribution is 7.09. The topological polar surface area (TPSA) is 91.0 Å². The van der Waals surface area contributed by atoms with Crippen molar-refractivity contribution in [2.75, 3.05) is 13.1 Å². The van der Waals surface area contributed by atoms with Gasteiger partial charge >= 0.3 is 0 Å². The Morgan fingerprint density at radius 1 is 1.31 bits per heavy atom. The van der Waals surface area contributed by atoms with Gasteiger partial charge in [0.15, 0.2) is 5.96 Å². The third-order valence-electron chi connectivity index (χ3n) is 4.32. The van der Waals surface area contributed by atoms with E-state index in [0.29, 0.717) is 13.1 Å². The molecule has 8 heteroatoms. The van der Waals surface area contributed by atoms with Gasteiger partial charge in [0.25, 0.3) is 5.69 Å². The number of benzene rings is 1. The molecule has 1 saturated heterocycles. The number of nitrogens with one attached hydrogen (secondary N) is 1. The Labute approximate surface area is 156 Å². The van der Waals surface area contributed by atoms with E-state index >= 15 is 0 Å². The monoisotopic (exact) mass is 374 g/mol. The fourth-order valence-electron chi connectivity index (χ4n) is 2.81. The lowest BCUT2D eigenvalue weighted by Gasteiger charge is -2.32. The zero-order valence-corrected chi connectivity index (χ0v) is 15.2. The van der Waals surface area contributed by atoms with Crippen LogP contribution in [0.1, 0.15) is 23.3 Å². The van der Waals surface area contributed by atoms with E-state index in [4.69, 9.17) is 4.99 Å². The normalized spacial score (nSPS) is 15.9. The first-order chi connectivity index (χ1) is 12.6. The number of aliphatic hydroxyl groups excluding tert-OH is 1. The lowest BCUT2D eigenvalue weighted by molar-refractivity contribution is -0.384. The van der Waals surface area contributed by atoms with Crippen molar-refractivity contribution < 1.29 is 10.0 Å². The lowest BCUT2D eigenvalue weighted by atomic mass is 10.1. The van der Waals surface area contributed by atoms with E-state index < -0.39 is 4.92 Å². The van der Waals surface area contributed by atoms with Gasteiger partial charge in [-0.2, -0.15) is 0 Å². The molecule has 7 nitrogen and oxygen atoms in total. The molecule has 0 atom stereocenters. The van der Waals surface area contributed by atoms with E-state index in [1.165, 1.54) is 17.0 Å². The number of hydrogen-bond acceptors (Lipinski definition) is 5. The highest BCUT2D eigenvalue weighted by Crippen LogP contribution is 2.14. The van der Waals surface area contributed by atoms with Crippen LogP contribution in [0, 0.1) is 10.1 Å². The first-order valence-corrected chi connectivity index (χ1v) is 9.47. The summed E-state index contributed by atoms with van der Waals surface area (Å²) in [7, 11) is 0. The number of aliphatic imine (C=N–C) groups is 1. The predicted octanol–water partition coefficient (Wildman–Crippen LogP) is 2.76. The van der Waals surface area contributed by atoms with E-state index in [1.54, 1.807) is 23.5 Å². The van der Waals surface area contributed by atoms with Gasteiger partial charge in [0.1, 0.15) is 0 Å². The van der Waals surface area contributed by atoms with Crippen molar-refractivity contribution in [3.63, 3.8) is 0 Å². The van der Waals surface area contributed by atoms with Crippen LogP contribution < -0.4 is 5.32 Å². The van der Waals surface area contributed by atoms with Crippen LogP contribution >= 0.6 is 11.3 Å². The molecule has 3 rings (SSSR count). The van der Waals surface area contributed by atoms with Crippen LogP contribution in [0.5, 0.6) is 0 Å². The number of non-ortho nitro benzene ring substituents is 1. The Hall–Kier alpha value is -2.45. The largest absolute Gasteiger partial charge is 0.393 e. The standard InChI is InChI=1S/C18H22N4O3S/c23-16-7-9-21(10-8-16)18(20-13-17-2-1-11-26-17)19-12-14-3-5-15(6-4-14)22(24)25/h1-6,11,16,23H,7-10,12-13H2,(H,19,20). The van der Waals surface area contributed by atoms with Crippen LogP contribution in [0.3, 0.4) is 0 Å². The van der Waals surface area contributed by atoms with Crippen molar-refractivity contribution >= 4 is 23.0 Å². The van der Waals surface area contributed by atoms with Gasteiger partial charge in [-0.1, -0.05) is 18.2 Å². The van der Waals surface area contributed by atoms with E-state index in [2.05, 4.69) is 16.3 Å². The highest BCUT2D eigenvalue weighted by atomic mass is 32.1. The fraction of sp³-hybridized carbons (Fsp3) is 0.389. The number of rotatable bonds is 5. The predicted molar refractivity (Wildman–Crippen MR) is 102 cm³/mol. The summed E-state index contributed by atoms with van der Waals surface area (Å²) in [5.74, 6) is 0.809. The Bertz CT molecular complexity index is 738. The number of thiophene rings is 1. The molecule has 1 aliphatic rings. The average Bonchev–Trinajstić information content (AvgIpc) is 3.17. The van der Waals surface area contributed by atoms with Crippen molar-refractivity contribution in [3.8, 4) is 0 Å². The minimum absolute atomic E-state index is 0.0822. The second-order valence-corrected chi connectivity index (χ2v) is 7.25. The SMILES string of the molecule is O=[N+]([O-])c1ccc(CN=C(NCc2cccs2)N2CCC(O)CC2)cc1. The summed E-state index contributed by atoms with van der Waals surface area (Å²) in [6.07, 6.45) is 1.23. The van der Waals surface area contributed by atoms with Gasteiger partial charge in [-0.05, 0) is 29.9 Å². The number of hydrogen-bond donors (Lipinski definition) is 2. The minimum Gasteiger partial charge on any atom is -0.393 e. The maximum atomic E-state index is 10.8. The van der Waals surface area contributed by atoms with Crippen molar-refractivity contribution in [1.82, 2.24) is 10.2 Å². The van der Waals surface area contributed by atoms with E-state index in [-0.39, 0.29) is 11.8 Å². The number of guanidine groups is 1. The highest BCUT2D eigenvalue weighted by Gasteiger charge is 2.20. The molecule has 1 fully saturated rings. The molecular formula is C18H22N4O3S. The fourth-order valence-corrected chi connectivity index (χ4v) is 3.46. The average molecular weight is 374 g/mol. The number of aliphatic hydroxyl groups is 1. The zero-order valence-electron chi connectivity index (χ0n) is 14.4. The lowest BCUT2D eigenvalue weighted by Crippen LogP contribution is -2.46. The summed E-state index contributed by atoms with van der Waals surface area (Å²) < 4.78 is 0. The Morgan fingerprint density at radius 2 is 2.04 bits per heavy atom. The van der Waals surface area contributed by atoms with Gasteiger partial charge in [-0.3, -0.25) is 10.1 Å². The van der Waals surface area contributed by atoms with Crippen LogP contribution in [0.2, 0.25) is 0 Å². The Balaban J connectivity index is 1.68.